The van der Waals surface area contributed by atoms with E-state index in [2.05, 4.69) is 4.98 Å². The minimum atomic E-state index is -0.0484. The fourth-order valence-corrected chi connectivity index (χ4v) is 3.64. The molecule has 1 aliphatic rings. The zero-order valence-electron chi connectivity index (χ0n) is 13.8. The molecule has 0 aliphatic carbocycles. The Hall–Kier alpha value is -2.05. The van der Waals surface area contributed by atoms with E-state index in [9.17, 15) is 9.59 Å². The molecule has 0 spiro atoms. The molecular weight excluding hydrogens is 358 g/mol. The van der Waals surface area contributed by atoms with Crippen LogP contribution in [0.5, 0.6) is 0 Å². The highest BCUT2D eigenvalue weighted by molar-refractivity contribution is 7.99. The van der Waals surface area contributed by atoms with Gasteiger partial charge in [-0.05, 0) is 36.4 Å². The van der Waals surface area contributed by atoms with E-state index in [1.54, 1.807) is 35.1 Å². The summed E-state index contributed by atoms with van der Waals surface area (Å²) in [5.41, 5.74) is 0.582. The number of carbonyl (C=O) groups is 2. The quantitative estimate of drug-likeness (QED) is 0.826. The second kappa shape index (κ2) is 7.89. The van der Waals surface area contributed by atoms with Gasteiger partial charge in [-0.2, -0.15) is 0 Å². The number of benzene rings is 1. The number of hydrogen-bond acceptors (Lipinski definition) is 4. The van der Waals surface area contributed by atoms with Crippen LogP contribution in [0.4, 0.5) is 0 Å². The summed E-state index contributed by atoms with van der Waals surface area (Å²) in [4.78, 5) is 33.2. The molecule has 0 radical (unpaired) electrons. The first-order valence-electron chi connectivity index (χ1n) is 7.98. The third kappa shape index (κ3) is 4.32. The van der Waals surface area contributed by atoms with Crippen LogP contribution in [0.15, 0.2) is 52.5 Å². The molecule has 3 rings (SSSR count). The van der Waals surface area contributed by atoms with Crippen molar-refractivity contribution >= 4 is 35.2 Å². The summed E-state index contributed by atoms with van der Waals surface area (Å²) in [7, 11) is 0. The van der Waals surface area contributed by atoms with Crippen molar-refractivity contribution in [3.63, 3.8) is 0 Å². The summed E-state index contributed by atoms with van der Waals surface area (Å²) < 4.78 is 0. The molecule has 0 saturated carbocycles. The fourth-order valence-electron chi connectivity index (χ4n) is 2.64. The molecule has 0 bridgehead atoms. The van der Waals surface area contributed by atoms with E-state index >= 15 is 0 Å². The Morgan fingerprint density at radius 1 is 1.04 bits per heavy atom. The summed E-state index contributed by atoms with van der Waals surface area (Å²) in [6.45, 7) is 3.78. The lowest BCUT2D eigenvalue weighted by molar-refractivity contribution is -0.130. The Balaban J connectivity index is 1.75. The predicted molar refractivity (Wildman–Crippen MR) is 98.0 cm³/mol. The Morgan fingerprint density at radius 3 is 2.32 bits per heavy atom. The van der Waals surface area contributed by atoms with Crippen LogP contribution in [-0.4, -0.2) is 52.8 Å². The number of hydrogen-bond donors (Lipinski definition) is 0. The maximum atomic E-state index is 12.9. The lowest BCUT2D eigenvalue weighted by Gasteiger charge is -2.34. The number of pyridine rings is 1. The van der Waals surface area contributed by atoms with Crippen LogP contribution < -0.4 is 0 Å². The summed E-state index contributed by atoms with van der Waals surface area (Å²) in [6, 6.07) is 11.0. The zero-order valence-corrected chi connectivity index (χ0v) is 15.4. The molecule has 1 aliphatic heterocycles. The number of rotatable bonds is 3. The van der Waals surface area contributed by atoms with E-state index in [1.165, 1.54) is 11.8 Å². The van der Waals surface area contributed by atoms with Gasteiger partial charge in [0.1, 0.15) is 5.03 Å². The minimum absolute atomic E-state index is 0.0484. The van der Waals surface area contributed by atoms with Crippen molar-refractivity contribution < 1.29 is 9.59 Å². The van der Waals surface area contributed by atoms with Gasteiger partial charge in [-0.1, -0.05) is 23.4 Å². The van der Waals surface area contributed by atoms with Gasteiger partial charge >= 0.3 is 0 Å². The smallest absolute Gasteiger partial charge is 0.256 e. The van der Waals surface area contributed by atoms with Crippen molar-refractivity contribution in [1.29, 1.82) is 0 Å². The molecule has 130 valence electrons. The lowest BCUT2D eigenvalue weighted by Crippen LogP contribution is -2.50. The van der Waals surface area contributed by atoms with Crippen LogP contribution >= 0.6 is 23.4 Å². The highest BCUT2D eigenvalue weighted by Crippen LogP contribution is 2.30. The lowest BCUT2D eigenvalue weighted by atomic mass is 10.2. The average Bonchev–Trinajstić information content (AvgIpc) is 2.63. The molecule has 1 aromatic carbocycles. The largest absolute Gasteiger partial charge is 0.339 e. The van der Waals surface area contributed by atoms with E-state index in [0.29, 0.717) is 41.8 Å². The van der Waals surface area contributed by atoms with E-state index in [-0.39, 0.29) is 11.8 Å². The number of aromatic nitrogens is 1. The second-order valence-corrected chi connectivity index (χ2v) is 7.21. The average molecular weight is 376 g/mol. The minimum Gasteiger partial charge on any atom is -0.339 e. The van der Waals surface area contributed by atoms with Gasteiger partial charge in [0.25, 0.3) is 5.91 Å². The summed E-state index contributed by atoms with van der Waals surface area (Å²) >= 11 is 7.36. The van der Waals surface area contributed by atoms with Gasteiger partial charge in [-0.3, -0.25) is 9.59 Å². The molecule has 0 N–H and O–H groups in total. The highest BCUT2D eigenvalue weighted by Gasteiger charge is 2.25. The normalized spacial score (nSPS) is 14.5. The molecule has 1 saturated heterocycles. The van der Waals surface area contributed by atoms with Crippen LogP contribution in [0.3, 0.4) is 0 Å². The van der Waals surface area contributed by atoms with Crippen molar-refractivity contribution in [1.82, 2.24) is 14.8 Å². The van der Waals surface area contributed by atoms with Gasteiger partial charge in [0, 0.05) is 49.2 Å². The van der Waals surface area contributed by atoms with Crippen molar-refractivity contribution in [3.8, 4) is 0 Å². The van der Waals surface area contributed by atoms with Gasteiger partial charge in [0.15, 0.2) is 0 Å². The monoisotopic (exact) mass is 375 g/mol. The SMILES string of the molecule is CC(=O)N1CCN(C(=O)c2cccnc2Sc2ccc(Cl)cc2)CC1. The topological polar surface area (TPSA) is 53.5 Å². The first-order valence-corrected chi connectivity index (χ1v) is 9.17. The van der Waals surface area contributed by atoms with Gasteiger partial charge < -0.3 is 9.80 Å². The van der Waals surface area contributed by atoms with Crippen molar-refractivity contribution in [2.24, 2.45) is 0 Å². The third-order valence-electron chi connectivity index (χ3n) is 4.04. The Kier molecular flexibility index (Phi) is 5.60. The maximum absolute atomic E-state index is 12.9. The van der Waals surface area contributed by atoms with Crippen LogP contribution in [-0.2, 0) is 4.79 Å². The summed E-state index contributed by atoms with van der Waals surface area (Å²) in [6.07, 6.45) is 1.68. The first kappa shape index (κ1) is 17.8. The molecule has 2 aromatic rings. The number of halogens is 1. The van der Waals surface area contributed by atoms with Crippen molar-refractivity contribution in [3.05, 3.63) is 53.2 Å². The van der Waals surface area contributed by atoms with Gasteiger partial charge in [-0.25, -0.2) is 4.98 Å². The fraction of sp³-hybridized carbons (Fsp3) is 0.278. The van der Waals surface area contributed by atoms with Crippen LogP contribution in [0, 0.1) is 0 Å². The number of nitrogens with zero attached hydrogens (tertiary/aromatic N) is 3. The Morgan fingerprint density at radius 2 is 1.68 bits per heavy atom. The molecule has 2 amide bonds. The van der Waals surface area contributed by atoms with Gasteiger partial charge in [0.05, 0.1) is 5.56 Å². The molecule has 1 aromatic heterocycles. The molecule has 25 heavy (non-hydrogen) atoms. The maximum Gasteiger partial charge on any atom is 0.256 e. The second-order valence-electron chi connectivity index (χ2n) is 5.71. The molecule has 1 fully saturated rings. The van der Waals surface area contributed by atoms with E-state index in [4.69, 9.17) is 11.6 Å². The van der Waals surface area contributed by atoms with Crippen LogP contribution in [0.2, 0.25) is 5.02 Å². The first-order chi connectivity index (χ1) is 12.0. The molecule has 5 nitrogen and oxygen atoms in total. The molecule has 0 atom stereocenters. The highest BCUT2D eigenvalue weighted by atomic mass is 35.5. The number of carbonyl (C=O) groups excluding carboxylic acids is 2. The van der Waals surface area contributed by atoms with Crippen molar-refractivity contribution in [2.75, 3.05) is 26.2 Å². The summed E-state index contributed by atoms with van der Waals surface area (Å²) in [5.74, 6) is 0.000209. The Labute approximate surface area is 156 Å². The third-order valence-corrected chi connectivity index (χ3v) is 5.32. The molecule has 2 heterocycles. The van der Waals surface area contributed by atoms with Crippen molar-refractivity contribution in [2.45, 2.75) is 16.8 Å². The number of amides is 2. The predicted octanol–water partition coefficient (Wildman–Crippen LogP) is 3.19. The van der Waals surface area contributed by atoms with Crippen LogP contribution in [0.25, 0.3) is 0 Å². The zero-order chi connectivity index (χ0) is 17.8. The van der Waals surface area contributed by atoms with E-state index in [0.717, 1.165) is 4.90 Å². The molecule has 0 unspecified atom stereocenters. The van der Waals surface area contributed by atoms with Crippen LogP contribution in [0.1, 0.15) is 17.3 Å². The van der Waals surface area contributed by atoms with E-state index in [1.807, 2.05) is 24.3 Å². The molecule has 7 heteroatoms. The Bertz CT molecular complexity index is 774. The standard InChI is InChI=1S/C18H18ClN3O2S/c1-13(23)21-9-11-22(12-10-21)18(24)16-3-2-8-20-17(16)25-15-6-4-14(19)5-7-15/h2-8H,9-12H2,1H3. The number of piperazine rings is 1. The molecular formula is C18H18ClN3O2S. The van der Waals surface area contributed by atoms with Gasteiger partial charge in [-0.15, -0.1) is 0 Å². The van der Waals surface area contributed by atoms with E-state index < -0.39 is 0 Å². The van der Waals surface area contributed by atoms with Gasteiger partial charge in [0.2, 0.25) is 5.91 Å². The summed E-state index contributed by atoms with van der Waals surface area (Å²) in [5, 5.41) is 1.34.